The maximum atomic E-state index is 6.58. The quantitative estimate of drug-likeness (QED) is 0.720. The van der Waals surface area contributed by atoms with E-state index in [4.69, 9.17) is 33.7 Å². The lowest BCUT2D eigenvalue weighted by Gasteiger charge is -2.39. The van der Waals surface area contributed by atoms with Crippen LogP contribution in [0.5, 0.6) is 0 Å². The number of fused-ring (bicyclic) bond motifs is 3. The molecule has 26 heavy (non-hydrogen) atoms. The van der Waals surface area contributed by atoms with Crippen LogP contribution in [0.1, 0.15) is 35.1 Å². The number of anilines is 2. The molecule has 3 heterocycles. The number of halogens is 2. The summed E-state index contributed by atoms with van der Waals surface area (Å²) in [5.41, 5.74) is 11.9. The Morgan fingerprint density at radius 1 is 1.15 bits per heavy atom. The maximum Gasteiger partial charge on any atom is 0.0794 e. The Bertz CT molecular complexity index is 872. The van der Waals surface area contributed by atoms with Gasteiger partial charge in [-0.1, -0.05) is 29.3 Å². The first-order chi connectivity index (χ1) is 12.6. The van der Waals surface area contributed by atoms with Crippen molar-refractivity contribution in [2.75, 3.05) is 30.3 Å². The van der Waals surface area contributed by atoms with Gasteiger partial charge in [0.05, 0.1) is 19.3 Å². The third-order valence-electron chi connectivity index (χ3n) is 5.89. The minimum atomic E-state index is 0.0801. The molecule has 1 fully saturated rings. The number of nitrogens with zero attached hydrogens (tertiary/aromatic N) is 1. The second kappa shape index (κ2) is 6.31. The molecule has 0 amide bonds. The molecule has 0 bridgehead atoms. The molecule has 0 saturated carbocycles. The normalized spacial score (nSPS) is 27.0. The van der Waals surface area contributed by atoms with E-state index in [0.717, 1.165) is 30.8 Å². The number of nitrogen functional groups attached to an aromatic ring is 1. The molecule has 0 aromatic heterocycles. The molecule has 0 radical (unpaired) electrons. The number of ether oxygens (including phenoxy) is 1. The van der Waals surface area contributed by atoms with Crippen LogP contribution < -0.4 is 16.0 Å². The Hall–Kier alpha value is -1.46. The van der Waals surface area contributed by atoms with Crippen LogP contribution in [0.3, 0.4) is 0 Å². The van der Waals surface area contributed by atoms with Crippen LogP contribution in [0, 0.1) is 0 Å². The summed E-state index contributed by atoms with van der Waals surface area (Å²) in [7, 11) is 0. The fourth-order valence-electron chi connectivity index (χ4n) is 4.87. The molecule has 3 N–H and O–H groups in total. The first-order valence-electron chi connectivity index (χ1n) is 9.07. The summed E-state index contributed by atoms with van der Waals surface area (Å²) < 4.78 is 6.06. The summed E-state index contributed by atoms with van der Waals surface area (Å²) in [5.74, 6) is 0.452. The van der Waals surface area contributed by atoms with Gasteiger partial charge < -0.3 is 20.7 Å². The first-order valence-corrected chi connectivity index (χ1v) is 9.83. The first kappa shape index (κ1) is 16.7. The lowest BCUT2D eigenvalue weighted by molar-refractivity contribution is 0.109. The third-order valence-corrected chi connectivity index (χ3v) is 6.45. The second-order valence-electron chi connectivity index (χ2n) is 7.39. The van der Waals surface area contributed by atoms with Crippen molar-refractivity contribution >= 4 is 34.6 Å². The second-order valence-corrected chi connectivity index (χ2v) is 8.23. The van der Waals surface area contributed by atoms with Gasteiger partial charge >= 0.3 is 0 Å². The van der Waals surface area contributed by atoms with Gasteiger partial charge in [-0.2, -0.15) is 0 Å². The molecule has 2 aromatic carbocycles. The van der Waals surface area contributed by atoms with E-state index in [1.165, 1.54) is 16.8 Å². The zero-order valence-corrected chi connectivity index (χ0v) is 15.9. The lowest BCUT2D eigenvalue weighted by Crippen LogP contribution is -2.46. The van der Waals surface area contributed by atoms with Gasteiger partial charge in [-0.05, 0) is 48.4 Å². The monoisotopic (exact) mass is 389 g/mol. The predicted molar refractivity (Wildman–Crippen MR) is 106 cm³/mol. The van der Waals surface area contributed by atoms with Gasteiger partial charge in [-0.25, -0.2) is 0 Å². The number of hydrogen-bond acceptors (Lipinski definition) is 4. The highest BCUT2D eigenvalue weighted by atomic mass is 35.5. The van der Waals surface area contributed by atoms with Crippen molar-refractivity contribution in [2.45, 2.75) is 31.0 Å². The van der Waals surface area contributed by atoms with Gasteiger partial charge in [-0.3, -0.25) is 0 Å². The minimum Gasteiger partial charge on any atom is -0.399 e. The Labute approximate surface area is 163 Å². The highest BCUT2D eigenvalue weighted by Gasteiger charge is 2.45. The van der Waals surface area contributed by atoms with Crippen molar-refractivity contribution in [2.24, 2.45) is 0 Å². The zero-order valence-electron chi connectivity index (χ0n) is 14.3. The largest absolute Gasteiger partial charge is 0.399 e. The number of piperidine rings is 1. The van der Waals surface area contributed by atoms with Crippen LogP contribution >= 0.6 is 23.2 Å². The van der Waals surface area contributed by atoms with Crippen molar-refractivity contribution in [1.82, 2.24) is 5.32 Å². The van der Waals surface area contributed by atoms with Crippen molar-refractivity contribution in [1.29, 1.82) is 0 Å². The molecule has 3 atom stereocenters. The molecule has 4 nitrogen and oxygen atoms in total. The molecule has 3 unspecified atom stereocenters. The molecular weight excluding hydrogens is 369 g/mol. The molecule has 0 spiro atoms. The van der Waals surface area contributed by atoms with E-state index in [1.807, 2.05) is 18.2 Å². The van der Waals surface area contributed by atoms with E-state index >= 15 is 0 Å². The predicted octanol–water partition coefficient (Wildman–Crippen LogP) is 4.11. The molecule has 3 aliphatic rings. The van der Waals surface area contributed by atoms with Crippen molar-refractivity contribution in [3.05, 3.63) is 57.1 Å². The SMILES string of the molecule is Nc1cc2c3c(c1)C1CNCCC1N3C(c1ccc(Cl)cc1Cl)COC2. The number of nitrogens with two attached hydrogens (primary N) is 1. The van der Waals surface area contributed by atoms with Gasteiger partial charge in [0, 0.05) is 45.5 Å². The number of nitrogens with one attached hydrogen (secondary N) is 1. The number of benzene rings is 2. The standard InChI is InChI=1S/C20H21Cl2N3O/c21-12-1-2-14(17(22)6-12)19-10-26-9-11-5-13(23)7-15-16-8-24-4-3-18(16)25(19)20(11)15/h1-2,5-7,16,18-19,24H,3-4,8-10,23H2. The van der Waals surface area contributed by atoms with Crippen molar-refractivity contribution < 1.29 is 4.74 Å². The van der Waals surface area contributed by atoms with Crippen LogP contribution in [-0.4, -0.2) is 25.7 Å². The smallest absolute Gasteiger partial charge is 0.0794 e. The minimum absolute atomic E-state index is 0.0801. The molecule has 6 heteroatoms. The van der Waals surface area contributed by atoms with Crippen LogP contribution in [0.4, 0.5) is 11.4 Å². The van der Waals surface area contributed by atoms with Crippen LogP contribution in [0.25, 0.3) is 0 Å². The Morgan fingerprint density at radius 3 is 2.88 bits per heavy atom. The van der Waals surface area contributed by atoms with Crippen LogP contribution in [-0.2, 0) is 11.3 Å². The highest BCUT2D eigenvalue weighted by molar-refractivity contribution is 6.35. The molecule has 136 valence electrons. The Kier molecular flexibility index (Phi) is 4.05. The number of hydrogen-bond donors (Lipinski definition) is 2. The van der Waals surface area contributed by atoms with Crippen LogP contribution in [0.15, 0.2) is 30.3 Å². The lowest BCUT2D eigenvalue weighted by atomic mass is 9.89. The van der Waals surface area contributed by atoms with E-state index < -0.39 is 0 Å². The van der Waals surface area contributed by atoms with Gasteiger partial charge in [0.25, 0.3) is 0 Å². The Balaban J connectivity index is 1.69. The summed E-state index contributed by atoms with van der Waals surface area (Å²) >= 11 is 12.7. The Morgan fingerprint density at radius 2 is 2.04 bits per heavy atom. The average molecular weight is 390 g/mol. The van der Waals surface area contributed by atoms with Gasteiger partial charge in [0.2, 0.25) is 0 Å². The molecule has 3 aliphatic heterocycles. The third kappa shape index (κ3) is 2.51. The van der Waals surface area contributed by atoms with E-state index in [1.54, 1.807) is 0 Å². The van der Waals surface area contributed by atoms with Gasteiger partial charge in [-0.15, -0.1) is 0 Å². The summed E-state index contributed by atoms with van der Waals surface area (Å²) in [5, 5.41) is 4.90. The molecule has 0 aliphatic carbocycles. The summed E-state index contributed by atoms with van der Waals surface area (Å²) in [6.07, 6.45) is 1.10. The molecule has 5 rings (SSSR count). The summed E-state index contributed by atoms with van der Waals surface area (Å²) in [4.78, 5) is 2.55. The van der Waals surface area contributed by atoms with E-state index in [2.05, 4.69) is 22.3 Å². The fraction of sp³-hybridized carbons (Fsp3) is 0.400. The van der Waals surface area contributed by atoms with E-state index in [0.29, 0.717) is 35.2 Å². The van der Waals surface area contributed by atoms with Gasteiger partial charge in [0.1, 0.15) is 0 Å². The summed E-state index contributed by atoms with van der Waals surface area (Å²) in [6, 6.07) is 10.5. The van der Waals surface area contributed by atoms with E-state index in [9.17, 15) is 0 Å². The summed E-state index contributed by atoms with van der Waals surface area (Å²) in [6.45, 7) is 3.20. The van der Waals surface area contributed by atoms with E-state index in [-0.39, 0.29) is 6.04 Å². The zero-order chi connectivity index (χ0) is 17.8. The van der Waals surface area contributed by atoms with Crippen LogP contribution in [0.2, 0.25) is 10.0 Å². The molecular formula is C20H21Cl2N3O. The topological polar surface area (TPSA) is 50.5 Å². The van der Waals surface area contributed by atoms with Gasteiger partial charge in [0.15, 0.2) is 0 Å². The van der Waals surface area contributed by atoms with Crippen molar-refractivity contribution in [3.8, 4) is 0 Å². The number of rotatable bonds is 1. The average Bonchev–Trinajstić information content (AvgIpc) is 2.81. The highest BCUT2D eigenvalue weighted by Crippen LogP contribution is 2.51. The fourth-order valence-corrected chi connectivity index (χ4v) is 5.41. The molecule has 1 saturated heterocycles. The molecule has 2 aromatic rings. The van der Waals surface area contributed by atoms with Crippen molar-refractivity contribution in [3.63, 3.8) is 0 Å². The maximum absolute atomic E-state index is 6.58.